The van der Waals surface area contributed by atoms with Crippen LogP contribution in [0.15, 0.2) is 36.5 Å². The number of nitrogens with zero attached hydrogens (tertiary/aromatic N) is 1. The third kappa shape index (κ3) is 5.77. The molecule has 0 spiro atoms. The van der Waals surface area contributed by atoms with E-state index in [9.17, 15) is 9.59 Å². The van der Waals surface area contributed by atoms with Crippen molar-refractivity contribution in [3.8, 4) is 0 Å². The second-order valence-corrected chi connectivity index (χ2v) is 6.49. The van der Waals surface area contributed by atoms with Crippen molar-refractivity contribution in [2.45, 2.75) is 32.6 Å². The summed E-state index contributed by atoms with van der Waals surface area (Å²) in [6.45, 7) is 3.43. The third-order valence-electron chi connectivity index (χ3n) is 3.47. The molecule has 0 saturated heterocycles. The average molecular weight is 345 g/mol. The van der Waals surface area contributed by atoms with Crippen LogP contribution in [0.3, 0.4) is 0 Å². The monoisotopic (exact) mass is 345 g/mol. The zero-order valence-electron chi connectivity index (χ0n) is 13.9. The van der Waals surface area contributed by atoms with Crippen LogP contribution in [0, 0.1) is 0 Å². The number of carbonyl (C=O) groups is 2. The molecule has 1 aromatic carbocycles. The van der Waals surface area contributed by atoms with E-state index in [1.165, 1.54) is 11.3 Å². The van der Waals surface area contributed by atoms with Gasteiger partial charge in [-0.3, -0.25) is 9.59 Å². The highest BCUT2D eigenvalue weighted by molar-refractivity contribution is 7.17. The number of aromatic nitrogens is 1. The number of hydrogen-bond donors (Lipinski definition) is 2. The van der Waals surface area contributed by atoms with Crippen molar-refractivity contribution in [1.82, 2.24) is 10.3 Å². The number of hydrogen-bond acceptors (Lipinski definition) is 5. The Kier molecular flexibility index (Phi) is 7.42. The van der Waals surface area contributed by atoms with Gasteiger partial charge in [-0.05, 0) is 12.8 Å². The Hall–Kier alpha value is -2.21. The molecule has 6 heteroatoms. The van der Waals surface area contributed by atoms with Gasteiger partial charge in [0.25, 0.3) is 0 Å². The van der Waals surface area contributed by atoms with E-state index in [1.807, 2.05) is 18.2 Å². The summed E-state index contributed by atoms with van der Waals surface area (Å²) in [4.78, 5) is 28.6. The molecular formula is C18H23N3O2S. The smallest absolute Gasteiger partial charge is 0.219 e. The number of ketones is 1. The molecule has 0 saturated carbocycles. The Morgan fingerprint density at radius 3 is 2.67 bits per heavy atom. The Morgan fingerprint density at radius 1 is 1.12 bits per heavy atom. The van der Waals surface area contributed by atoms with Gasteiger partial charge in [0.15, 0.2) is 5.13 Å². The number of thiazole rings is 1. The summed E-state index contributed by atoms with van der Waals surface area (Å²) in [5, 5.41) is 6.82. The Labute approximate surface area is 146 Å². The molecule has 2 aromatic rings. The molecule has 1 aromatic heterocycles. The predicted octanol–water partition coefficient (Wildman–Crippen LogP) is 3.48. The molecule has 0 aliphatic rings. The molecular weight excluding hydrogens is 322 g/mol. The number of anilines is 1. The van der Waals surface area contributed by atoms with Gasteiger partial charge in [0.2, 0.25) is 11.7 Å². The highest BCUT2D eigenvalue weighted by Gasteiger charge is 2.12. The third-order valence-corrected chi connectivity index (χ3v) is 4.43. The van der Waals surface area contributed by atoms with E-state index in [0.717, 1.165) is 24.4 Å². The maximum Gasteiger partial charge on any atom is 0.219 e. The number of unbranched alkanes of at least 4 members (excludes halogenated alkanes) is 1. The highest BCUT2D eigenvalue weighted by Crippen LogP contribution is 2.21. The minimum absolute atomic E-state index is 0.00987. The number of benzene rings is 1. The van der Waals surface area contributed by atoms with Crippen LogP contribution in [0.1, 0.15) is 47.8 Å². The molecule has 0 aliphatic heterocycles. The second-order valence-electron chi connectivity index (χ2n) is 5.46. The van der Waals surface area contributed by atoms with Gasteiger partial charge in [0.05, 0.1) is 11.1 Å². The predicted molar refractivity (Wildman–Crippen MR) is 97.6 cm³/mol. The van der Waals surface area contributed by atoms with Crippen molar-refractivity contribution in [2.75, 3.05) is 18.4 Å². The normalized spacial score (nSPS) is 10.4. The minimum Gasteiger partial charge on any atom is -0.361 e. The van der Waals surface area contributed by atoms with Crippen LogP contribution in [-0.4, -0.2) is 29.8 Å². The second kappa shape index (κ2) is 9.82. The number of carbonyl (C=O) groups excluding carboxylic acids is 2. The van der Waals surface area contributed by atoms with Crippen molar-refractivity contribution >= 4 is 28.2 Å². The standard InChI is InChI=1S/C18H23N3O2S/c1-2-3-10-16(22)19-11-7-12-20-18-21-13-15(24-18)17(23)14-8-5-4-6-9-14/h4-6,8-9,13H,2-3,7,10-12H2,1H3,(H,19,22)(H,20,21). The van der Waals surface area contributed by atoms with E-state index in [2.05, 4.69) is 22.5 Å². The molecule has 0 fully saturated rings. The summed E-state index contributed by atoms with van der Waals surface area (Å²) in [6, 6.07) is 9.19. The van der Waals surface area contributed by atoms with E-state index in [1.54, 1.807) is 18.3 Å². The lowest BCUT2D eigenvalue weighted by Crippen LogP contribution is -2.25. The fourth-order valence-electron chi connectivity index (χ4n) is 2.13. The van der Waals surface area contributed by atoms with E-state index >= 15 is 0 Å². The summed E-state index contributed by atoms with van der Waals surface area (Å²) in [5.74, 6) is 0.103. The molecule has 0 radical (unpaired) electrons. The van der Waals surface area contributed by atoms with Crippen LogP contribution in [-0.2, 0) is 4.79 Å². The lowest BCUT2D eigenvalue weighted by Gasteiger charge is -2.05. The van der Waals surface area contributed by atoms with Crippen LogP contribution in [0.5, 0.6) is 0 Å². The highest BCUT2D eigenvalue weighted by atomic mass is 32.1. The summed E-state index contributed by atoms with van der Waals surface area (Å²) in [5.41, 5.74) is 0.669. The van der Waals surface area contributed by atoms with Crippen molar-refractivity contribution in [1.29, 1.82) is 0 Å². The molecule has 0 atom stereocenters. The Bertz CT molecular complexity index is 655. The van der Waals surface area contributed by atoms with Crippen molar-refractivity contribution < 1.29 is 9.59 Å². The summed E-state index contributed by atoms with van der Waals surface area (Å²) in [7, 11) is 0. The number of amides is 1. The zero-order valence-corrected chi connectivity index (χ0v) is 14.7. The summed E-state index contributed by atoms with van der Waals surface area (Å²) < 4.78 is 0. The Balaban J connectivity index is 1.71. The fraction of sp³-hybridized carbons (Fsp3) is 0.389. The first-order chi connectivity index (χ1) is 11.7. The first kappa shape index (κ1) is 18.1. The molecule has 5 nitrogen and oxygen atoms in total. The van der Waals surface area contributed by atoms with Gasteiger partial charge in [-0.2, -0.15) is 0 Å². The zero-order chi connectivity index (χ0) is 17.2. The van der Waals surface area contributed by atoms with Crippen LogP contribution in [0.2, 0.25) is 0 Å². The van der Waals surface area contributed by atoms with Crippen LogP contribution in [0.25, 0.3) is 0 Å². The fourth-order valence-corrected chi connectivity index (χ4v) is 2.93. The van der Waals surface area contributed by atoms with Gasteiger partial charge in [0, 0.05) is 25.1 Å². The lowest BCUT2D eigenvalue weighted by molar-refractivity contribution is -0.121. The summed E-state index contributed by atoms with van der Waals surface area (Å²) >= 11 is 1.35. The van der Waals surface area contributed by atoms with Crippen molar-refractivity contribution in [3.05, 3.63) is 47.0 Å². The molecule has 0 aliphatic carbocycles. The van der Waals surface area contributed by atoms with Crippen LogP contribution < -0.4 is 10.6 Å². The molecule has 128 valence electrons. The van der Waals surface area contributed by atoms with Crippen LogP contribution >= 0.6 is 11.3 Å². The first-order valence-electron chi connectivity index (χ1n) is 8.27. The summed E-state index contributed by atoms with van der Waals surface area (Å²) in [6.07, 6.45) is 4.99. The maximum absolute atomic E-state index is 12.3. The minimum atomic E-state index is -0.00987. The van der Waals surface area contributed by atoms with Gasteiger partial charge in [-0.15, -0.1) is 0 Å². The number of nitrogens with one attached hydrogen (secondary N) is 2. The van der Waals surface area contributed by atoms with E-state index in [-0.39, 0.29) is 11.7 Å². The molecule has 0 bridgehead atoms. The van der Waals surface area contributed by atoms with Crippen molar-refractivity contribution in [2.24, 2.45) is 0 Å². The lowest BCUT2D eigenvalue weighted by atomic mass is 10.1. The topological polar surface area (TPSA) is 71.1 Å². The average Bonchev–Trinajstić information content (AvgIpc) is 3.08. The SMILES string of the molecule is CCCCC(=O)NCCCNc1ncc(C(=O)c2ccccc2)s1. The Morgan fingerprint density at radius 2 is 1.92 bits per heavy atom. The van der Waals surface area contributed by atoms with E-state index < -0.39 is 0 Å². The molecule has 2 rings (SSSR count). The maximum atomic E-state index is 12.3. The van der Waals surface area contributed by atoms with Gasteiger partial charge in [0.1, 0.15) is 0 Å². The van der Waals surface area contributed by atoms with E-state index in [4.69, 9.17) is 0 Å². The molecule has 1 amide bonds. The molecule has 2 N–H and O–H groups in total. The first-order valence-corrected chi connectivity index (χ1v) is 9.08. The number of rotatable bonds is 10. The molecule has 1 heterocycles. The molecule has 0 unspecified atom stereocenters. The van der Waals surface area contributed by atoms with Crippen LogP contribution in [0.4, 0.5) is 5.13 Å². The van der Waals surface area contributed by atoms with Gasteiger partial charge in [-0.1, -0.05) is 55.0 Å². The molecule has 24 heavy (non-hydrogen) atoms. The van der Waals surface area contributed by atoms with E-state index in [0.29, 0.717) is 30.0 Å². The van der Waals surface area contributed by atoms with Gasteiger partial charge < -0.3 is 10.6 Å². The van der Waals surface area contributed by atoms with Crippen molar-refractivity contribution in [3.63, 3.8) is 0 Å². The quantitative estimate of drug-likeness (QED) is 0.511. The largest absolute Gasteiger partial charge is 0.361 e. The van der Waals surface area contributed by atoms with Gasteiger partial charge in [-0.25, -0.2) is 4.98 Å². The van der Waals surface area contributed by atoms with Gasteiger partial charge >= 0.3 is 0 Å².